The minimum atomic E-state index is -3.63. The first-order valence-corrected chi connectivity index (χ1v) is 8.56. The summed E-state index contributed by atoms with van der Waals surface area (Å²) in [5.74, 6) is 0.673. The lowest BCUT2D eigenvalue weighted by Gasteiger charge is -2.34. The average molecular weight is 321 g/mol. The van der Waals surface area contributed by atoms with E-state index >= 15 is 0 Å². The van der Waals surface area contributed by atoms with Crippen molar-refractivity contribution in [2.45, 2.75) is 18.0 Å². The topological polar surface area (TPSA) is 80.1 Å². The van der Waals surface area contributed by atoms with Gasteiger partial charge in [0.2, 0.25) is 0 Å². The first-order valence-electron chi connectivity index (χ1n) is 7.12. The molecule has 1 atom stereocenters. The fourth-order valence-electron chi connectivity index (χ4n) is 2.60. The number of nitrogens with zero attached hydrogens (tertiary/aromatic N) is 4. The molecule has 0 amide bonds. The summed E-state index contributed by atoms with van der Waals surface area (Å²) in [4.78, 5) is 8.28. The van der Waals surface area contributed by atoms with Gasteiger partial charge in [-0.25, -0.2) is 13.4 Å². The van der Waals surface area contributed by atoms with Gasteiger partial charge in [0.25, 0.3) is 10.0 Å². The zero-order valence-corrected chi connectivity index (χ0v) is 13.4. The third-order valence-electron chi connectivity index (χ3n) is 3.92. The maximum absolute atomic E-state index is 12.9. The highest BCUT2D eigenvalue weighted by Gasteiger charge is 2.36. The van der Waals surface area contributed by atoms with Gasteiger partial charge in [-0.1, -0.05) is 6.07 Å². The van der Waals surface area contributed by atoms with E-state index in [2.05, 4.69) is 15.3 Å². The molecule has 1 unspecified atom stereocenters. The summed E-state index contributed by atoms with van der Waals surface area (Å²) >= 11 is 0. The lowest BCUT2D eigenvalue weighted by atomic mass is 10.1. The third kappa shape index (κ3) is 2.65. The summed E-state index contributed by atoms with van der Waals surface area (Å²) in [6, 6.07) is 3.45. The van der Waals surface area contributed by atoms with Gasteiger partial charge in [-0.3, -0.25) is 4.98 Å². The van der Waals surface area contributed by atoms with E-state index < -0.39 is 10.0 Å². The number of rotatable bonds is 3. The van der Waals surface area contributed by atoms with Crippen LogP contribution in [0.4, 0.5) is 0 Å². The van der Waals surface area contributed by atoms with Crippen LogP contribution in [0.1, 0.15) is 17.4 Å². The Hall–Kier alpha value is -1.77. The summed E-state index contributed by atoms with van der Waals surface area (Å²) in [5, 5.41) is 3.34. The molecule has 0 bridgehead atoms. The maximum atomic E-state index is 12.9. The lowest BCUT2D eigenvalue weighted by molar-refractivity contribution is 0.270. The van der Waals surface area contributed by atoms with Gasteiger partial charge in [-0.05, 0) is 18.6 Å². The van der Waals surface area contributed by atoms with Crippen LogP contribution in [-0.4, -0.2) is 46.9 Å². The number of piperazine rings is 1. The summed E-state index contributed by atoms with van der Waals surface area (Å²) in [7, 11) is -1.84. The number of imidazole rings is 1. The van der Waals surface area contributed by atoms with Crippen LogP contribution in [0.25, 0.3) is 0 Å². The van der Waals surface area contributed by atoms with Crippen molar-refractivity contribution in [1.82, 2.24) is 24.2 Å². The second-order valence-corrected chi connectivity index (χ2v) is 7.20. The van der Waals surface area contributed by atoms with E-state index in [1.165, 1.54) is 4.31 Å². The molecule has 1 aliphatic heterocycles. The molecule has 7 nitrogen and oxygen atoms in total. The number of pyridine rings is 1. The normalized spacial score (nSPS) is 20.2. The first kappa shape index (κ1) is 15.1. The van der Waals surface area contributed by atoms with Crippen molar-refractivity contribution >= 4 is 10.0 Å². The number of sulfonamides is 1. The van der Waals surface area contributed by atoms with Gasteiger partial charge in [0, 0.05) is 45.3 Å². The highest BCUT2D eigenvalue weighted by atomic mass is 32.2. The fourth-order valence-corrected chi connectivity index (χ4v) is 4.24. The van der Waals surface area contributed by atoms with Crippen LogP contribution in [0.2, 0.25) is 0 Å². The predicted molar refractivity (Wildman–Crippen MR) is 81.7 cm³/mol. The van der Waals surface area contributed by atoms with Gasteiger partial charge >= 0.3 is 0 Å². The molecule has 1 N–H and O–H groups in total. The Kier molecular flexibility index (Phi) is 3.98. The molecule has 8 heteroatoms. The van der Waals surface area contributed by atoms with Crippen molar-refractivity contribution < 1.29 is 8.42 Å². The van der Waals surface area contributed by atoms with Gasteiger partial charge in [-0.2, -0.15) is 4.31 Å². The summed E-state index contributed by atoms with van der Waals surface area (Å²) < 4.78 is 29.1. The maximum Gasteiger partial charge on any atom is 0.262 e. The molecule has 1 saturated heterocycles. The molecule has 0 radical (unpaired) electrons. The van der Waals surface area contributed by atoms with Crippen molar-refractivity contribution in [3.05, 3.63) is 42.1 Å². The minimum Gasteiger partial charge on any atom is -0.337 e. The zero-order valence-electron chi connectivity index (χ0n) is 12.6. The van der Waals surface area contributed by atoms with Crippen molar-refractivity contribution in [3.8, 4) is 0 Å². The van der Waals surface area contributed by atoms with Gasteiger partial charge in [-0.15, -0.1) is 0 Å². The highest BCUT2D eigenvalue weighted by molar-refractivity contribution is 7.89. The van der Waals surface area contributed by atoms with Gasteiger partial charge in [0.05, 0.1) is 6.04 Å². The van der Waals surface area contributed by atoms with Crippen molar-refractivity contribution in [1.29, 1.82) is 0 Å². The van der Waals surface area contributed by atoms with Crippen molar-refractivity contribution in [2.24, 2.45) is 7.05 Å². The minimum absolute atomic E-state index is 0.100. The molecule has 0 aromatic carbocycles. The van der Waals surface area contributed by atoms with Crippen molar-refractivity contribution in [3.63, 3.8) is 0 Å². The Bertz CT molecular complexity index is 737. The number of aryl methyl sites for hydroxylation is 2. The van der Waals surface area contributed by atoms with Crippen molar-refractivity contribution in [2.75, 3.05) is 19.6 Å². The van der Waals surface area contributed by atoms with Gasteiger partial charge in [0.1, 0.15) is 5.82 Å². The fraction of sp³-hybridized carbons (Fsp3) is 0.429. The molecule has 3 rings (SSSR count). The highest BCUT2D eigenvalue weighted by Crippen LogP contribution is 2.27. The van der Waals surface area contributed by atoms with E-state index in [-0.39, 0.29) is 11.1 Å². The van der Waals surface area contributed by atoms with Crippen LogP contribution in [0.5, 0.6) is 0 Å². The second-order valence-electron chi connectivity index (χ2n) is 5.36. The molecule has 3 heterocycles. The smallest absolute Gasteiger partial charge is 0.262 e. The molecular formula is C14H19N5O2S. The zero-order chi connectivity index (χ0) is 15.7. The Morgan fingerprint density at radius 3 is 2.86 bits per heavy atom. The molecule has 2 aromatic heterocycles. The Balaban J connectivity index is 2.00. The molecule has 22 heavy (non-hydrogen) atoms. The van der Waals surface area contributed by atoms with E-state index in [0.717, 1.165) is 5.56 Å². The quantitative estimate of drug-likeness (QED) is 0.888. The first-order chi connectivity index (χ1) is 10.5. The molecule has 0 aliphatic carbocycles. The van der Waals surface area contributed by atoms with Gasteiger partial charge < -0.3 is 9.88 Å². The van der Waals surface area contributed by atoms with E-state index in [9.17, 15) is 8.42 Å². The summed E-state index contributed by atoms with van der Waals surface area (Å²) in [6.45, 7) is 3.39. The summed E-state index contributed by atoms with van der Waals surface area (Å²) in [5.41, 5.74) is 0.880. The third-order valence-corrected chi connectivity index (χ3v) is 5.70. The summed E-state index contributed by atoms with van der Waals surface area (Å²) in [6.07, 6.45) is 4.96. The van der Waals surface area contributed by atoms with Crippen LogP contribution in [0, 0.1) is 6.92 Å². The molecule has 2 aromatic rings. The molecule has 0 spiro atoms. The van der Waals surface area contributed by atoms with Crippen LogP contribution in [0.15, 0.2) is 35.7 Å². The van der Waals surface area contributed by atoms with E-state index in [0.29, 0.717) is 25.5 Å². The lowest BCUT2D eigenvalue weighted by Crippen LogP contribution is -2.48. The Morgan fingerprint density at radius 2 is 2.23 bits per heavy atom. The van der Waals surface area contributed by atoms with E-state index in [1.807, 2.05) is 12.1 Å². The Morgan fingerprint density at radius 1 is 1.41 bits per heavy atom. The standard InChI is InChI=1S/C14H19N5O2S/c1-11-17-14(10-18(11)2)22(20,21)19-7-6-16-9-13(19)12-4-3-5-15-8-12/h3-5,8,10,13,16H,6-7,9H2,1-2H3. The van der Waals surface area contributed by atoms with E-state index in [4.69, 9.17) is 0 Å². The largest absolute Gasteiger partial charge is 0.337 e. The van der Waals surface area contributed by atoms with Crippen LogP contribution in [-0.2, 0) is 17.1 Å². The molecule has 1 aliphatic rings. The SMILES string of the molecule is Cc1nc(S(=O)(=O)N2CCNCC2c2cccnc2)cn1C. The van der Waals surface area contributed by atoms with Crippen LogP contribution < -0.4 is 5.32 Å². The van der Waals surface area contributed by atoms with Gasteiger partial charge in [0.15, 0.2) is 5.03 Å². The second kappa shape index (κ2) is 5.79. The van der Waals surface area contributed by atoms with E-state index in [1.54, 1.807) is 37.1 Å². The number of nitrogens with one attached hydrogen (secondary N) is 1. The van der Waals surface area contributed by atoms with Crippen LogP contribution >= 0.6 is 0 Å². The molecular weight excluding hydrogens is 302 g/mol. The number of hydrogen-bond donors (Lipinski definition) is 1. The number of aromatic nitrogens is 3. The Labute approximate surface area is 130 Å². The number of hydrogen-bond acceptors (Lipinski definition) is 5. The molecule has 118 valence electrons. The monoisotopic (exact) mass is 321 g/mol. The predicted octanol–water partition coefficient (Wildman–Crippen LogP) is 0.459. The average Bonchev–Trinajstić information content (AvgIpc) is 2.88. The van der Waals surface area contributed by atoms with Crippen LogP contribution in [0.3, 0.4) is 0 Å². The molecule has 1 fully saturated rings. The molecule has 0 saturated carbocycles.